The molecule has 0 aromatic heterocycles. The third kappa shape index (κ3) is 1.94. The highest BCUT2D eigenvalue weighted by Crippen LogP contribution is 2.27. The van der Waals surface area contributed by atoms with Crippen LogP contribution in [0.25, 0.3) is 0 Å². The van der Waals surface area contributed by atoms with Crippen molar-refractivity contribution in [3.63, 3.8) is 0 Å². The van der Waals surface area contributed by atoms with Gasteiger partial charge in [-0.3, -0.25) is 4.79 Å². The van der Waals surface area contributed by atoms with Crippen molar-refractivity contribution in [2.24, 2.45) is 11.7 Å². The molecule has 0 radical (unpaired) electrons. The fourth-order valence-corrected chi connectivity index (χ4v) is 1.78. The standard InChI is InChI=1S/C11H13NO3/c12-10(11(13)14)8-5-7-3-1-2-4-9(7)15-6-8/h1-4,8,10H,5-6,12H2,(H,13,14)/t8-,10-/m0/s1. The molecule has 1 heterocycles. The van der Waals surface area contributed by atoms with E-state index >= 15 is 0 Å². The molecular weight excluding hydrogens is 194 g/mol. The number of ether oxygens (including phenoxy) is 1. The summed E-state index contributed by atoms with van der Waals surface area (Å²) in [7, 11) is 0. The van der Waals surface area contributed by atoms with Crippen molar-refractivity contribution in [1.82, 2.24) is 0 Å². The smallest absolute Gasteiger partial charge is 0.320 e. The van der Waals surface area contributed by atoms with E-state index in [0.717, 1.165) is 11.3 Å². The quantitative estimate of drug-likeness (QED) is 0.746. The van der Waals surface area contributed by atoms with Gasteiger partial charge in [-0.15, -0.1) is 0 Å². The second-order valence-electron chi connectivity index (χ2n) is 3.75. The maximum absolute atomic E-state index is 10.7. The Morgan fingerprint density at radius 3 is 3.00 bits per heavy atom. The first-order valence-corrected chi connectivity index (χ1v) is 4.87. The van der Waals surface area contributed by atoms with Gasteiger partial charge in [-0.25, -0.2) is 0 Å². The largest absolute Gasteiger partial charge is 0.493 e. The lowest BCUT2D eigenvalue weighted by atomic mass is 9.91. The summed E-state index contributed by atoms with van der Waals surface area (Å²) in [6.07, 6.45) is 0.670. The Bertz CT molecular complexity index is 378. The minimum atomic E-state index is -0.969. The van der Waals surface area contributed by atoms with Crippen LogP contribution in [0.2, 0.25) is 0 Å². The average molecular weight is 207 g/mol. The van der Waals surface area contributed by atoms with Gasteiger partial charge in [0.1, 0.15) is 11.8 Å². The first-order valence-electron chi connectivity index (χ1n) is 4.87. The summed E-state index contributed by atoms with van der Waals surface area (Å²) < 4.78 is 5.46. The molecular formula is C11H13NO3. The van der Waals surface area contributed by atoms with Gasteiger partial charge in [0.15, 0.2) is 0 Å². The van der Waals surface area contributed by atoms with E-state index in [0.29, 0.717) is 13.0 Å². The normalized spacial score (nSPS) is 21.3. The van der Waals surface area contributed by atoms with Gasteiger partial charge < -0.3 is 15.6 Å². The SMILES string of the molecule is N[C@H](C(=O)O)[C@@H]1COc2ccccc2C1. The molecule has 0 bridgehead atoms. The maximum Gasteiger partial charge on any atom is 0.320 e. The van der Waals surface area contributed by atoms with Gasteiger partial charge in [0, 0.05) is 5.92 Å². The van der Waals surface area contributed by atoms with Crippen molar-refractivity contribution >= 4 is 5.97 Å². The molecule has 0 saturated carbocycles. The average Bonchev–Trinajstić information content (AvgIpc) is 2.27. The van der Waals surface area contributed by atoms with Crippen LogP contribution in [0.3, 0.4) is 0 Å². The highest BCUT2D eigenvalue weighted by Gasteiger charge is 2.29. The summed E-state index contributed by atoms with van der Waals surface area (Å²) in [5.74, 6) is -0.272. The topological polar surface area (TPSA) is 72.6 Å². The molecule has 2 rings (SSSR count). The summed E-state index contributed by atoms with van der Waals surface area (Å²) in [6.45, 7) is 0.379. The van der Waals surface area contributed by atoms with Crippen LogP contribution in [-0.2, 0) is 11.2 Å². The number of rotatable bonds is 2. The monoisotopic (exact) mass is 207 g/mol. The molecule has 1 aromatic rings. The number of carboxylic acids is 1. The van der Waals surface area contributed by atoms with Crippen molar-refractivity contribution in [3.8, 4) is 5.75 Å². The van der Waals surface area contributed by atoms with Gasteiger partial charge in [0.25, 0.3) is 0 Å². The summed E-state index contributed by atoms with van der Waals surface area (Å²) >= 11 is 0. The first kappa shape index (κ1) is 9.98. The zero-order valence-electron chi connectivity index (χ0n) is 8.22. The molecule has 1 aliphatic rings. The Kier molecular flexibility index (Phi) is 2.60. The van der Waals surface area contributed by atoms with E-state index in [-0.39, 0.29) is 5.92 Å². The van der Waals surface area contributed by atoms with Gasteiger partial charge in [0.2, 0.25) is 0 Å². The molecule has 0 amide bonds. The van der Waals surface area contributed by atoms with Crippen molar-refractivity contribution in [1.29, 1.82) is 0 Å². The molecule has 80 valence electrons. The fourth-order valence-electron chi connectivity index (χ4n) is 1.78. The van der Waals surface area contributed by atoms with E-state index in [1.165, 1.54) is 0 Å². The fraction of sp³-hybridized carbons (Fsp3) is 0.364. The highest BCUT2D eigenvalue weighted by molar-refractivity contribution is 5.73. The van der Waals surface area contributed by atoms with Gasteiger partial charge in [-0.05, 0) is 18.1 Å². The van der Waals surface area contributed by atoms with Crippen LogP contribution in [0, 0.1) is 5.92 Å². The number of benzene rings is 1. The Hall–Kier alpha value is -1.55. The molecule has 2 atom stereocenters. The lowest BCUT2D eigenvalue weighted by molar-refractivity contribution is -0.140. The van der Waals surface area contributed by atoms with Crippen molar-refractivity contribution in [2.45, 2.75) is 12.5 Å². The van der Waals surface area contributed by atoms with Crippen molar-refractivity contribution in [2.75, 3.05) is 6.61 Å². The first-order chi connectivity index (χ1) is 7.18. The second-order valence-corrected chi connectivity index (χ2v) is 3.75. The molecule has 4 heteroatoms. The molecule has 0 fully saturated rings. The molecule has 4 nitrogen and oxygen atoms in total. The number of para-hydroxylation sites is 1. The maximum atomic E-state index is 10.7. The van der Waals surface area contributed by atoms with E-state index in [1.54, 1.807) is 0 Å². The van der Waals surface area contributed by atoms with Crippen LogP contribution < -0.4 is 10.5 Å². The van der Waals surface area contributed by atoms with Crippen LogP contribution in [0.5, 0.6) is 5.75 Å². The summed E-state index contributed by atoms with van der Waals surface area (Å²) in [5, 5.41) is 8.80. The van der Waals surface area contributed by atoms with Crippen LogP contribution in [0.15, 0.2) is 24.3 Å². The zero-order chi connectivity index (χ0) is 10.8. The minimum Gasteiger partial charge on any atom is -0.493 e. The van der Waals surface area contributed by atoms with Gasteiger partial charge in [0.05, 0.1) is 6.61 Å². The van der Waals surface area contributed by atoms with Crippen molar-refractivity contribution in [3.05, 3.63) is 29.8 Å². The molecule has 0 aliphatic carbocycles. The summed E-state index contributed by atoms with van der Waals surface area (Å²) in [4.78, 5) is 10.7. The number of carboxylic acid groups (broad SMARTS) is 1. The number of carbonyl (C=O) groups is 1. The third-order valence-corrected chi connectivity index (χ3v) is 2.70. The molecule has 0 saturated heterocycles. The van der Waals surface area contributed by atoms with Gasteiger partial charge >= 0.3 is 5.97 Å². The Labute approximate surface area is 87.7 Å². The predicted molar refractivity (Wildman–Crippen MR) is 54.7 cm³/mol. The van der Waals surface area contributed by atoms with Gasteiger partial charge in [-0.1, -0.05) is 18.2 Å². The molecule has 3 N–H and O–H groups in total. The Balaban J connectivity index is 2.15. The lowest BCUT2D eigenvalue weighted by Gasteiger charge is -2.27. The summed E-state index contributed by atoms with van der Waals surface area (Å²) in [6, 6.07) is 6.79. The number of aliphatic carboxylic acids is 1. The van der Waals surface area contributed by atoms with Gasteiger partial charge in [-0.2, -0.15) is 0 Å². The zero-order valence-corrected chi connectivity index (χ0v) is 8.22. The van der Waals surface area contributed by atoms with E-state index in [4.69, 9.17) is 15.6 Å². The van der Waals surface area contributed by atoms with Crippen molar-refractivity contribution < 1.29 is 14.6 Å². The number of hydrogen-bond donors (Lipinski definition) is 2. The van der Waals surface area contributed by atoms with E-state index in [2.05, 4.69) is 0 Å². The lowest BCUT2D eigenvalue weighted by Crippen LogP contribution is -2.43. The Morgan fingerprint density at radius 2 is 2.27 bits per heavy atom. The van der Waals surface area contributed by atoms with Crippen LogP contribution >= 0.6 is 0 Å². The molecule has 1 aromatic carbocycles. The van der Waals surface area contributed by atoms with E-state index in [1.807, 2.05) is 24.3 Å². The molecule has 1 aliphatic heterocycles. The summed E-state index contributed by atoms with van der Waals surface area (Å²) in [5.41, 5.74) is 6.60. The minimum absolute atomic E-state index is 0.141. The predicted octanol–water partition coefficient (Wildman–Crippen LogP) is 0.650. The van der Waals surface area contributed by atoms with Crippen LogP contribution in [0.1, 0.15) is 5.56 Å². The number of fused-ring (bicyclic) bond motifs is 1. The second kappa shape index (κ2) is 3.90. The molecule has 0 unspecified atom stereocenters. The molecule has 0 spiro atoms. The van der Waals surface area contributed by atoms with E-state index < -0.39 is 12.0 Å². The third-order valence-electron chi connectivity index (χ3n) is 2.70. The number of nitrogens with two attached hydrogens (primary N) is 1. The van der Waals surface area contributed by atoms with E-state index in [9.17, 15) is 4.79 Å². The van der Waals surface area contributed by atoms with Crippen LogP contribution in [-0.4, -0.2) is 23.7 Å². The highest BCUT2D eigenvalue weighted by atomic mass is 16.5. The van der Waals surface area contributed by atoms with Crippen LogP contribution in [0.4, 0.5) is 0 Å². The molecule has 15 heavy (non-hydrogen) atoms. The Morgan fingerprint density at radius 1 is 1.53 bits per heavy atom. The number of hydrogen-bond acceptors (Lipinski definition) is 3.